The summed E-state index contributed by atoms with van der Waals surface area (Å²) in [6.07, 6.45) is 6.64. The van der Waals surface area contributed by atoms with Gasteiger partial charge in [-0.2, -0.15) is 0 Å². The summed E-state index contributed by atoms with van der Waals surface area (Å²) in [7, 11) is 0. The maximum atomic E-state index is 6.60. The van der Waals surface area contributed by atoms with Crippen molar-refractivity contribution in [3.8, 4) is 0 Å². The van der Waals surface area contributed by atoms with Crippen LogP contribution in [0, 0.1) is 11.8 Å². The third-order valence-electron chi connectivity index (χ3n) is 4.67. The van der Waals surface area contributed by atoms with Crippen LogP contribution in [-0.2, 0) is 5.54 Å². The fourth-order valence-corrected chi connectivity index (χ4v) is 3.20. The highest BCUT2D eigenvalue weighted by Gasteiger charge is 2.34. The molecule has 1 unspecified atom stereocenters. The maximum absolute atomic E-state index is 6.60. The van der Waals surface area contributed by atoms with Crippen molar-refractivity contribution < 1.29 is 0 Å². The fraction of sp³-hybridized carbons (Fsp3) is 0.625. The molecule has 1 saturated carbocycles. The van der Waals surface area contributed by atoms with Crippen molar-refractivity contribution in [1.29, 1.82) is 0 Å². The van der Waals surface area contributed by atoms with Crippen LogP contribution in [0.5, 0.6) is 0 Å². The average Bonchev–Trinajstić information content (AvgIpc) is 2.40. The van der Waals surface area contributed by atoms with Crippen LogP contribution in [0.3, 0.4) is 0 Å². The summed E-state index contributed by atoms with van der Waals surface area (Å²) in [6, 6.07) is 10.6. The van der Waals surface area contributed by atoms with Gasteiger partial charge in [0.25, 0.3) is 0 Å². The van der Waals surface area contributed by atoms with Gasteiger partial charge in [0, 0.05) is 5.54 Å². The lowest BCUT2D eigenvalue weighted by atomic mass is 9.70. The minimum Gasteiger partial charge on any atom is -0.321 e. The smallest absolute Gasteiger partial charge is 0.0409 e. The Morgan fingerprint density at radius 2 is 1.71 bits per heavy atom. The molecule has 0 radical (unpaired) electrons. The van der Waals surface area contributed by atoms with Gasteiger partial charge in [0.1, 0.15) is 0 Å². The van der Waals surface area contributed by atoms with E-state index in [0.717, 1.165) is 5.92 Å². The number of hydrogen-bond donors (Lipinski definition) is 1. The normalized spacial score (nSPS) is 28.6. The minimum atomic E-state index is -0.153. The molecule has 1 heteroatoms. The van der Waals surface area contributed by atoms with Crippen molar-refractivity contribution in [2.75, 3.05) is 0 Å². The molecule has 2 N–H and O–H groups in total. The standard InChI is InChI=1S/C16H25N/c1-3-13-9-11-15(12-10-13)16(2,17)14-7-5-4-6-8-14/h4-8,13,15H,3,9-12,17H2,1-2H3. The second-order valence-corrected chi connectivity index (χ2v) is 5.77. The molecule has 1 atom stereocenters. The van der Waals surface area contributed by atoms with Gasteiger partial charge in [0.15, 0.2) is 0 Å². The van der Waals surface area contributed by atoms with E-state index in [1.165, 1.54) is 37.7 Å². The van der Waals surface area contributed by atoms with Crippen molar-refractivity contribution in [2.45, 2.75) is 51.5 Å². The molecule has 0 aliphatic heterocycles. The number of nitrogens with two attached hydrogens (primary N) is 1. The van der Waals surface area contributed by atoms with E-state index >= 15 is 0 Å². The largest absolute Gasteiger partial charge is 0.321 e. The highest BCUT2D eigenvalue weighted by molar-refractivity contribution is 5.24. The van der Waals surface area contributed by atoms with Gasteiger partial charge in [-0.25, -0.2) is 0 Å². The third-order valence-corrected chi connectivity index (χ3v) is 4.67. The first-order valence-corrected chi connectivity index (χ1v) is 6.99. The summed E-state index contributed by atoms with van der Waals surface area (Å²) in [5.74, 6) is 1.59. The molecule has 1 aromatic carbocycles. The molecule has 2 rings (SSSR count). The van der Waals surface area contributed by atoms with Crippen LogP contribution >= 0.6 is 0 Å². The Bertz CT molecular complexity index is 334. The molecule has 0 saturated heterocycles. The molecule has 17 heavy (non-hydrogen) atoms. The van der Waals surface area contributed by atoms with E-state index < -0.39 is 0 Å². The number of hydrogen-bond acceptors (Lipinski definition) is 1. The second-order valence-electron chi connectivity index (χ2n) is 5.77. The van der Waals surface area contributed by atoms with Gasteiger partial charge in [0.2, 0.25) is 0 Å². The van der Waals surface area contributed by atoms with Gasteiger partial charge in [-0.05, 0) is 37.2 Å². The topological polar surface area (TPSA) is 26.0 Å². The van der Waals surface area contributed by atoms with E-state index in [4.69, 9.17) is 5.73 Å². The van der Waals surface area contributed by atoms with Gasteiger partial charge in [-0.1, -0.05) is 56.5 Å². The summed E-state index contributed by atoms with van der Waals surface area (Å²) in [5.41, 5.74) is 7.74. The lowest BCUT2D eigenvalue weighted by Crippen LogP contribution is -2.42. The monoisotopic (exact) mass is 231 g/mol. The molecule has 0 amide bonds. The van der Waals surface area contributed by atoms with Crippen LogP contribution in [-0.4, -0.2) is 0 Å². The molecule has 1 fully saturated rings. The van der Waals surface area contributed by atoms with Gasteiger partial charge < -0.3 is 5.73 Å². The molecule has 0 bridgehead atoms. The van der Waals surface area contributed by atoms with Crippen molar-refractivity contribution in [1.82, 2.24) is 0 Å². The Kier molecular flexibility index (Phi) is 3.88. The van der Waals surface area contributed by atoms with Crippen LogP contribution in [0.2, 0.25) is 0 Å². The van der Waals surface area contributed by atoms with Gasteiger partial charge in [-0.15, -0.1) is 0 Å². The van der Waals surface area contributed by atoms with Crippen LogP contribution in [0.1, 0.15) is 51.5 Å². The maximum Gasteiger partial charge on any atom is 0.0409 e. The molecule has 1 nitrogen and oxygen atoms in total. The van der Waals surface area contributed by atoms with E-state index in [1.54, 1.807) is 0 Å². The predicted octanol–water partition coefficient (Wildman–Crippen LogP) is 4.08. The molecular formula is C16H25N. The first kappa shape index (κ1) is 12.6. The van der Waals surface area contributed by atoms with Crippen LogP contribution in [0.15, 0.2) is 30.3 Å². The molecule has 94 valence electrons. The number of benzene rings is 1. The first-order valence-electron chi connectivity index (χ1n) is 6.99. The second kappa shape index (κ2) is 5.22. The quantitative estimate of drug-likeness (QED) is 0.833. The molecule has 0 spiro atoms. The summed E-state index contributed by atoms with van der Waals surface area (Å²) in [6.45, 7) is 4.52. The summed E-state index contributed by atoms with van der Waals surface area (Å²) < 4.78 is 0. The molecular weight excluding hydrogens is 206 g/mol. The summed E-state index contributed by atoms with van der Waals surface area (Å²) >= 11 is 0. The summed E-state index contributed by atoms with van der Waals surface area (Å²) in [4.78, 5) is 0. The Balaban J connectivity index is 2.07. The van der Waals surface area contributed by atoms with Crippen LogP contribution in [0.25, 0.3) is 0 Å². The molecule has 1 aliphatic carbocycles. The van der Waals surface area contributed by atoms with Crippen molar-refractivity contribution >= 4 is 0 Å². The molecule has 0 aromatic heterocycles. The van der Waals surface area contributed by atoms with Gasteiger partial charge in [-0.3, -0.25) is 0 Å². The Morgan fingerprint density at radius 3 is 2.24 bits per heavy atom. The molecule has 1 aliphatic rings. The third kappa shape index (κ3) is 2.71. The van der Waals surface area contributed by atoms with E-state index in [1.807, 2.05) is 0 Å². The van der Waals surface area contributed by atoms with E-state index in [9.17, 15) is 0 Å². The molecule has 0 heterocycles. The zero-order chi connectivity index (χ0) is 12.3. The van der Waals surface area contributed by atoms with Crippen LogP contribution < -0.4 is 5.73 Å². The number of rotatable bonds is 3. The van der Waals surface area contributed by atoms with Crippen molar-refractivity contribution in [2.24, 2.45) is 17.6 Å². The highest BCUT2D eigenvalue weighted by Crippen LogP contribution is 2.39. The highest BCUT2D eigenvalue weighted by atomic mass is 14.7. The van der Waals surface area contributed by atoms with Crippen LogP contribution in [0.4, 0.5) is 0 Å². The van der Waals surface area contributed by atoms with Crippen molar-refractivity contribution in [3.63, 3.8) is 0 Å². The molecule has 1 aromatic rings. The average molecular weight is 231 g/mol. The van der Waals surface area contributed by atoms with Gasteiger partial charge >= 0.3 is 0 Å². The SMILES string of the molecule is CCC1CCC(C(C)(N)c2ccccc2)CC1. The summed E-state index contributed by atoms with van der Waals surface area (Å²) in [5, 5.41) is 0. The van der Waals surface area contributed by atoms with E-state index in [0.29, 0.717) is 5.92 Å². The fourth-order valence-electron chi connectivity index (χ4n) is 3.20. The van der Waals surface area contributed by atoms with Crippen molar-refractivity contribution in [3.05, 3.63) is 35.9 Å². The zero-order valence-electron chi connectivity index (χ0n) is 11.2. The lowest BCUT2D eigenvalue weighted by Gasteiger charge is -2.39. The Labute approximate surface area is 105 Å². The lowest BCUT2D eigenvalue weighted by molar-refractivity contribution is 0.183. The predicted molar refractivity (Wildman–Crippen MR) is 73.7 cm³/mol. The Morgan fingerprint density at radius 1 is 1.12 bits per heavy atom. The minimum absolute atomic E-state index is 0.153. The van der Waals surface area contributed by atoms with Gasteiger partial charge in [0.05, 0.1) is 0 Å². The van der Waals surface area contributed by atoms with E-state index in [2.05, 4.69) is 44.2 Å². The first-order chi connectivity index (χ1) is 8.14. The zero-order valence-corrected chi connectivity index (χ0v) is 11.2. The van der Waals surface area contributed by atoms with E-state index in [-0.39, 0.29) is 5.54 Å². The Hall–Kier alpha value is -0.820.